The van der Waals surface area contributed by atoms with Gasteiger partial charge in [-0.25, -0.2) is 4.79 Å². The summed E-state index contributed by atoms with van der Waals surface area (Å²) in [6, 6.07) is 0. The van der Waals surface area contributed by atoms with Crippen LogP contribution in [-0.4, -0.2) is 25.7 Å². The number of hydrogen-bond donors (Lipinski definition) is 1. The molecule has 0 rings (SSSR count). The van der Waals surface area contributed by atoms with Gasteiger partial charge >= 0.3 is 5.97 Å². The molecule has 0 aliphatic carbocycles. The first kappa shape index (κ1) is 12.7. The molecule has 0 saturated heterocycles. The fourth-order valence-corrected chi connectivity index (χ4v) is 0.820. The fourth-order valence-electron chi connectivity index (χ4n) is 0.820. The lowest BCUT2D eigenvalue weighted by atomic mass is 10.3. The van der Waals surface area contributed by atoms with E-state index in [0.717, 1.165) is 13.0 Å². The Kier molecular flexibility index (Phi) is 7.58. The van der Waals surface area contributed by atoms with E-state index in [4.69, 9.17) is 4.74 Å². The molecule has 0 spiro atoms. The minimum absolute atomic E-state index is 0.332. The Morgan fingerprint density at radius 2 is 2.29 bits per heavy atom. The van der Waals surface area contributed by atoms with Crippen molar-refractivity contribution in [1.82, 2.24) is 5.32 Å². The molecule has 0 heterocycles. The topological polar surface area (TPSA) is 38.3 Å². The molecule has 0 bridgehead atoms. The normalized spacial score (nSPS) is 8.71. The Bertz CT molecular complexity index is 248. The molecular weight excluding hydrogens is 178 g/mol. The predicted octanol–water partition coefficient (Wildman–Crippen LogP) is 1.11. The molecule has 0 atom stereocenters. The number of hydrogen-bond acceptors (Lipinski definition) is 3. The maximum atomic E-state index is 11.1. The van der Waals surface area contributed by atoms with Crippen LogP contribution in [0.15, 0.2) is 12.2 Å². The van der Waals surface area contributed by atoms with Crippen LogP contribution in [0.1, 0.15) is 20.3 Å². The van der Waals surface area contributed by atoms with Crippen LogP contribution in [0.5, 0.6) is 0 Å². The van der Waals surface area contributed by atoms with E-state index in [2.05, 4.69) is 23.7 Å². The van der Waals surface area contributed by atoms with Crippen molar-refractivity contribution < 1.29 is 9.53 Å². The van der Waals surface area contributed by atoms with Gasteiger partial charge in [-0.05, 0) is 13.8 Å². The molecule has 0 saturated carbocycles. The molecule has 0 aromatic rings. The maximum absolute atomic E-state index is 11.1. The number of nitrogens with one attached hydrogen (secondary N) is 1. The molecule has 1 N–H and O–H groups in total. The van der Waals surface area contributed by atoms with E-state index in [-0.39, 0.29) is 5.97 Å². The highest BCUT2D eigenvalue weighted by atomic mass is 16.5. The SMILES string of the molecule is C=C(CNCCC#CC)C(=O)OCC. The zero-order valence-corrected chi connectivity index (χ0v) is 8.85. The van der Waals surface area contributed by atoms with Crippen molar-refractivity contribution >= 4 is 5.97 Å². The Labute approximate surface area is 85.5 Å². The number of esters is 1. The van der Waals surface area contributed by atoms with Crippen molar-refractivity contribution in [1.29, 1.82) is 0 Å². The lowest BCUT2D eigenvalue weighted by Crippen LogP contribution is -2.22. The molecule has 78 valence electrons. The van der Waals surface area contributed by atoms with Crippen LogP contribution in [0.2, 0.25) is 0 Å². The highest BCUT2D eigenvalue weighted by Gasteiger charge is 2.05. The second kappa shape index (κ2) is 8.33. The molecule has 0 aromatic carbocycles. The Balaban J connectivity index is 3.52. The lowest BCUT2D eigenvalue weighted by Gasteiger charge is -2.05. The third-order valence-corrected chi connectivity index (χ3v) is 1.51. The lowest BCUT2D eigenvalue weighted by molar-refractivity contribution is -0.138. The van der Waals surface area contributed by atoms with Crippen molar-refractivity contribution in [2.45, 2.75) is 20.3 Å². The Hall–Kier alpha value is -1.27. The van der Waals surface area contributed by atoms with E-state index in [1.807, 2.05) is 0 Å². The summed E-state index contributed by atoms with van der Waals surface area (Å²) in [5, 5.41) is 3.06. The van der Waals surface area contributed by atoms with Crippen molar-refractivity contribution in [2.24, 2.45) is 0 Å². The molecule has 0 aliphatic rings. The molecule has 0 amide bonds. The second-order valence-electron chi connectivity index (χ2n) is 2.68. The van der Waals surface area contributed by atoms with Crippen molar-refractivity contribution in [3.63, 3.8) is 0 Å². The van der Waals surface area contributed by atoms with Crippen LogP contribution in [0.4, 0.5) is 0 Å². The Morgan fingerprint density at radius 1 is 1.57 bits per heavy atom. The average Bonchev–Trinajstić information content (AvgIpc) is 2.17. The van der Waals surface area contributed by atoms with Crippen molar-refractivity contribution in [3.8, 4) is 11.8 Å². The summed E-state index contributed by atoms with van der Waals surface area (Å²) < 4.78 is 4.78. The van der Waals surface area contributed by atoms with Crippen LogP contribution < -0.4 is 5.32 Å². The van der Waals surface area contributed by atoms with Gasteiger partial charge in [-0.3, -0.25) is 0 Å². The zero-order chi connectivity index (χ0) is 10.8. The third-order valence-electron chi connectivity index (χ3n) is 1.51. The molecule has 3 heteroatoms. The first-order valence-corrected chi connectivity index (χ1v) is 4.67. The second-order valence-corrected chi connectivity index (χ2v) is 2.68. The predicted molar refractivity (Wildman–Crippen MR) is 56.7 cm³/mol. The number of carbonyl (C=O) groups excluding carboxylic acids is 1. The van der Waals surface area contributed by atoms with Crippen LogP contribution in [-0.2, 0) is 9.53 Å². The van der Waals surface area contributed by atoms with Crippen LogP contribution >= 0.6 is 0 Å². The number of rotatable bonds is 6. The highest BCUT2D eigenvalue weighted by molar-refractivity contribution is 5.88. The van der Waals surface area contributed by atoms with E-state index in [1.165, 1.54) is 0 Å². The first-order chi connectivity index (χ1) is 6.72. The summed E-state index contributed by atoms with van der Waals surface area (Å²) in [4.78, 5) is 11.1. The fraction of sp³-hybridized carbons (Fsp3) is 0.545. The minimum atomic E-state index is -0.332. The molecule has 0 unspecified atom stereocenters. The summed E-state index contributed by atoms with van der Waals surface area (Å²) in [7, 11) is 0. The largest absolute Gasteiger partial charge is 0.463 e. The molecule has 0 fully saturated rings. The van der Waals surface area contributed by atoms with Gasteiger partial charge in [-0.2, -0.15) is 0 Å². The van der Waals surface area contributed by atoms with Gasteiger partial charge < -0.3 is 10.1 Å². The summed E-state index contributed by atoms with van der Waals surface area (Å²) in [6.07, 6.45) is 0.784. The van der Waals surface area contributed by atoms with Gasteiger partial charge in [0.15, 0.2) is 0 Å². The molecule has 0 aromatic heterocycles. The molecule has 0 radical (unpaired) electrons. The van der Waals surface area contributed by atoms with Gasteiger partial charge in [0.1, 0.15) is 0 Å². The van der Waals surface area contributed by atoms with Gasteiger partial charge in [0.2, 0.25) is 0 Å². The van der Waals surface area contributed by atoms with E-state index in [1.54, 1.807) is 13.8 Å². The van der Waals surface area contributed by atoms with Crippen molar-refractivity contribution in [3.05, 3.63) is 12.2 Å². The zero-order valence-electron chi connectivity index (χ0n) is 8.85. The summed E-state index contributed by atoms with van der Waals surface area (Å²) >= 11 is 0. The summed E-state index contributed by atoms with van der Waals surface area (Å²) in [5.41, 5.74) is 0.455. The molecule has 0 aliphatic heterocycles. The minimum Gasteiger partial charge on any atom is -0.463 e. The van der Waals surface area contributed by atoms with Gasteiger partial charge in [0.25, 0.3) is 0 Å². The monoisotopic (exact) mass is 195 g/mol. The quantitative estimate of drug-likeness (QED) is 0.298. The molecule has 14 heavy (non-hydrogen) atoms. The van der Waals surface area contributed by atoms with E-state index in [0.29, 0.717) is 18.7 Å². The number of ether oxygens (including phenoxy) is 1. The van der Waals surface area contributed by atoms with Crippen molar-refractivity contribution in [2.75, 3.05) is 19.7 Å². The van der Waals surface area contributed by atoms with E-state index in [9.17, 15) is 4.79 Å². The van der Waals surface area contributed by atoms with Gasteiger partial charge in [-0.15, -0.1) is 11.8 Å². The molecular formula is C11H17NO2. The standard InChI is InChI=1S/C11H17NO2/c1-4-6-7-8-12-9-10(3)11(13)14-5-2/h12H,3,5,7-9H2,1-2H3. The van der Waals surface area contributed by atoms with Crippen LogP contribution in [0.25, 0.3) is 0 Å². The third kappa shape index (κ3) is 6.27. The summed E-state index contributed by atoms with van der Waals surface area (Å²) in [6.45, 7) is 8.81. The maximum Gasteiger partial charge on any atom is 0.334 e. The van der Waals surface area contributed by atoms with E-state index >= 15 is 0 Å². The highest BCUT2D eigenvalue weighted by Crippen LogP contribution is 1.92. The number of carbonyl (C=O) groups is 1. The van der Waals surface area contributed by atoms with E-state index < -0.39 is 0 Å². The Morgan fingerprint density at radius 3 is 2.86 bits per heavy atom. The average molecular weight is 195 g/mol. The van der Waals surface area contributed by atoms with Crippen LogP contribution in [0, 0.1) is 11.8 Å². The van der Waals surface area contributed by atoms with Gasteiger partial charge in [0.05, 0.1) is 6.61 Å². The molecule has 3 nitrogen and oxygen atoms in total. The smallest absolute Gasteiger partial charge is 0.334 e. The van der Waals surface area contributed by atoms with Gasteiger partial charge in [-0.1, -0.05) is 6.58 Å². The first-order valence-electron chi connectivity index (χ1n) is 4.67. The van der Waals surface area contributed by atoms with Gasteiger partial charge in [0, 0.05) is 25.1 Å². The van der Waals surface area contributed by atoms with Crippen LogP contribution in [0.3, 0.4) is 0 Å². The summed E-state index contributed by atoms with van der Waals surface area (Å²) in [5.74, 6) is 5.38.